The van der Waals surface area contributed by atoms with Crippen molar-refractivity contribution in [1.82, 2.24) is 5.32 Å². The van der Waals surface area contributed by atoms with Crippen molar-refractivity contribution < 1.29 is 4.74 Å². The predicted octanol–water partition coefficient (Wildman–Crippen LogP) is 4.06. The van der Waals surface area contributed by atoms with Crippen LogP contribution in [0.2, 0.25) is 0 Å². The van der Waals surface area contributed by atoms with Crippen LogP contribution >= 0.6 is 0 Å². The number of nitrogens with one attached hydrogen (secondary N) is 1. The van der Waals surface area contributed by atoms with Crippen LogP contribution in [-0.4, -0.2) is 19.3 Å². The van der Waals surface area contributed by atoms with Gasteiger partial charge in [-0.2, -0.15) is 0 Å². The first kappa shape index (κ1) is 13.6. The normalized spacial score (nSPS) is 20.4. The fourth-order valence-corrected chi connectivity index (χ4v) is 2.93. The average molecular weight is 269 g/mol. The summed E-state index contributed by atoms with van der Waals surface area (Å²) in [5.74, 6) is 0. The maximum Gasteiger partial charge on any atom is 0.0588 e. The van der Waals surface area contributed by atoms with E-state index in [-0.39, 0.29) is 0 Å². The van der Waals surface area contributed by atoms with E-state index in [4.69, 9.17) is 4.74 Å². The van der Waals surface area contributed by atoms with Crippen LogP contribution in [0, 0.1) is 0 Å². The lowest BCUT2D eigenvalue weighted by molar-refractivity contribution is 0.103. The topological polar surface area (TPSA) is 21.3 Å². The summed E-state index contributed by atoms with van der Waals surface area (Å²) < 4.78 is 5.66. The zero-order valence-corrected chi connectivity index (χ0v) is 12.1. The van der Waals surface area contributed by atoms with Crippen molar-refractivity contribution in [2.75, 3.05) is 13.2 Å². The first-order valence-corrected chi connectivity index (χ1v) is 7.66. The molecule has 2 heteroatoms. The van der Waals surface area contributed by atoms with Crippen LogP contribution in [0.3, 0.4) is 0 Å². The number of hydrogen-bond acceptors (Lipinski definition) is 2. The number of rotatable bonds is 5. The van der Waals surface area contributed by atoms with Gasteiger partial charge >= 0.3 is 0 Å². The van der Waals surface area contributed by atoms with E-state index in [1.54, 1.807) is 0 Å². The molecule has 2 aromatic carbocycles. The fourth-order valence-electron chi connectivity index (χ4n) is 2.93. The highest BCUT2D eigenvalue weighted by Crippen LogP contribution is 2.20. The minimum Gasteiger partial charge on any atom is -0.378 e. The van der Waals surface area contributed by atoms with E-state index in [2.05, 4.69) is 54.7 Å². The van der Waals surface area contributed by atoms with E-state index < -0.39 is 0 Å². The molecule has 20 heavy (non-hydrogen) atoms. The Balaban J connectivity index is 1.58. The Morgan fingerprint density at radius 2 is 2.05 bits per heavy atom. The second-order valence-electron chi connectivity index (χ2n) is 5.71. The van der Waals surface area contributed by atoms with Gasteiger partial charge in [0.25, 0.3) is 0 Å². The molecular formula is C18H23NO. The van der Waals surface area contributed by atoms with Crippen molar-refractivity contribution >= 4 is 10.8 Å². The quantitative estimate of drug-likeness (QED) is 0.884. The van der Waals surface area contributed by atoms with Crippen LogP contribution in [0.25, 0.3) is 10.8 Å². The third-order valence-corrected chi connectivity index (χ3v) is 4.21. The standard InChI is InChI=1S/C18H23NO/c1-14(19-11-10-18-7-4-12-20-18)16-9-8-15-5-2-3-6-17(15)13-16/h2-3,5-6,8-9,13-14,18-19H,4,7,10-12H2,1H3. The molecule has 106 valence electrons. The van der Waals surface area contributed by atoms with Gasteiger partial charge in [-0.25, -0.2) is 0 Å². The number of fused-ring (bicyclic) bond motifs is 1. The van der Waals surface area contributed by atoms with Gasteiger partial charge in [-0.15, -0.1) is 0 Å². The maximum atomic E-state index is 5.66. The number of ether oxygens (including phenoxy) is 1. The fraction of sp³-hybridized carbons (Fsp3) is 0.444. The molecule has 1 fully saturated rings. The Morgan fingerprint density at radius 3 is 2.85 bits per heavy atom. The lowest BCUT2D eigenvalue weighted by Gasteiger charge is -2.16. The van der Waals surface area contributed by atoms with Gasteiger partial charge in [0.15, 0.2) is 0 Å². The Bertz CT molecular complexity index is 560. The maximum absolute atomic E-state index is 5.66. The van der Waals surface area contributed by atoms with Crippen molar-refractivity contribution in [1.29, 1.82) is 0 Å². The molecule has 1 N–H and O–H groups in total. The summed E-state index contributed by atoms with van der Waals surface area (Å²) in [5.41, 5.74) is 1.36. The van der Waals surface area contributed by atoms with Gasteiger partial charge in [0.05, 0.1) is 6.10 Å². The third kappa shape index (κ3) is 3.20. The van der Waals surface area contributed by atoms with E-state index in [9.17, 15) is 0 Å². The van der Waals surface area contributed by atoms with Crippen molar-refractivity contribution in [3.8, 4) is 0 Å². The SMILES string of the molecule is CC(NCCC1CCCO1)c1ccc2ccccc2c1. The Morgan fingerprint density at radius 1 is 1.20 bits per heavy atom. The van der Waals surface area contributed by atoms with Gasteiger partial charge in [0.2, 0.25) is 0 Å². The van der Waals surface area contributed by atoms with E-state index in [0.29, 0.717) is 12.1 Å². The molecule has 1 aliphatic heterocycles. The van der Waals surface area contributed by atoms with Crippen molar-refractivity contribution in [3.63, 3.8) is 0 Å². The summed E-state index contributed by atoms with van der Waals surface area (Å²) in [4.78, 5) is 0. The highest BCUT2D eigenvalue weighted by atomic mass is 16.5. The first-order chi connectivity index (χ1) is 9.83. The Hall–Kier alpha value is -1.38. The summed E-state index contributed by atoms with van der Waals surface area (Å²) >= 11 is 0. The molecular weight excluding hydrogens is 246 g/mol. The van der Waals surface area contributed by atoms with E-state index in [1.165, 1.54) is 29.2 Å². The Kier molecular flexibility index (Phi) is 4.34. The molecule has 0 spiro atoms. The molecule has 0 bridgehead atoms. The van der Waals surface area contributed by atoms with Crippen LogP contribution in [0.5, 0.6) is 0 Å². The van der Waals surface area contributed by atoms with Gasteiger partial charge in [-0.05, 0) is 55.1 Å². The van der Waals surface area contributed by atoms with Crippen molar-refractivity contribution in [3.05, 3.63) is 48.0 Å². The summed E-state index contributed by atoms with van der Waals surface area (Å²) in [6.07, 6.45) is 4.06. The number of benzene rings is 2. The zero-order chi connectivity index (χ0) is 13.8. The second kappa shape index (κ2) is 6.38. The van der Waals surface area contributed by atoms with Gasteiger partial charge in [0.1, 0.15) is 0 Å². The molecule has 2 atom stereocenters. The highest BCUT2D eigenvalue weighted by molar-refractivity contribution is 5.83. The first-order valence-electron chi connectivity index (χ1n) is 7.66. The lowest BCUT2D eigenvalue weighted by atomic mass is 10.0. The average Bonchev–Trinajstić information content (AvgIpc) is 3.00. The van der Waals surface area contributed by atoms with Gasteiger partial charge in [-0.3, -0.25) is 0 Å². The molecule has 2 aromatic rings. The third-order valence-electron chi connectivity index (χ3n) is 4.21. The van der Waals surface area contributed by atoms with Crippen LogP contribution in [0.1, 0.15) is 37.8 Å². The zero-order valence-electron chi connectivity index (χ0n) is 12.1. The minimum atomic E-state index is 0.390. The molecule has 0 amide bonds. The Labute approximate surface area is 121 Å². The van der Waals surface area contributed by atoms with Crippen LogP contribution in [0.4, 0.5) is 0 Å². The molecule has 0 aliphatic carbocycles. The van der Waals surface area contributed by atoms with E-state index >= 15 is 0 Å². The van der Waals surface area contributed by atoms with Crippen LogP contribution in [-0.2, 0) is 4.74 Å². The largest absolute Gasteiger partial charge is 0.378 e. The van der Waals surface area contributed by atoms with Crippen molar-refractivity contribution in [2.24, 2.45) is 0 Å². The monoisotopic (exact) mass is 269 g/mol. The van der Waals surface area contributed by atoms with E-state index in [1.807, 2.05) is 0 Å². The van der Waals surface area contributed by atoms with Gasteiger partial charge < -0.3 is 10.1 Å². The molecule has 3 rings (SSSR count). The molecule has 0 saturated carbocycles. The van der Waals surface area contributed by atoms with Gasteiger partial charge in [-0.1, -0.05) is 36.4 Å². The van der Waals surface area contributed by atoms with Crippen molar-refractivity contribution in [2.45, 2.75) is 38.3 Å². The molecule has 2 nitrogen and oxygen atoms in total. The van der Waals surface area contributed by atoms with Gasteiger partial charge in [0, 0.05) is 12.6 Å². The summed E-state index contributed by atoms with van der Waals surface area (Å²) in [5, 5.41) is 6.24. The highest BCUT2D eigenvalue weighted by Gasteiger charge is 2.15. The molecule has 1 heterocycles. The smallest absolute Gasteiger partial charge is 0.0588 e. The van der Waals surface area contributed by atoms with Crippen LogP contribution < -0.4 is 5.32 Å². The molecule has 2 unspecified atom stereocenters. The molecule has 0 aromatic heterocycles. The van der Waals surface area contributed by atoms with Crippen LogP contribution in [0.15, 0.2) is 42.5 Å². The molecule has 1 aliphatic rings. The predicted molar refractivity (Wildman–Crippen MR) is 84.0 cm³/mol. The second-order valence-corrected chi connectivity index (χ2v) is 5.71. The summed E-state index contributed by atoms with van der Waals surface area (Å²) in [7, 11) is 0. The lowest BCUT2D eigenvalue weighted by Crippen LogP contribution is -2.23. The minimum absolute atomic E-state index is 0.390. The summed E-state index contributed by atoms with van der Waals surface area (Å²) in [6.45, 7) is 4.21. The molecule has 1 saturated heterocycles. The molecule has 0 radical (unpaired) electrons. The van der Waals surface area contributed by atoms with E-state index in [0.717, 1.165) is 19.6 Å². The summed E-state index contributed by atoms with van der Waals surface area (Å²) in [6, 6.07) is 15.6. The number of hydrogen-bond donors (Lipinski definition) is 1.